The summed E-state index contributed by atoms with van der Waals surface area (Å²) in [5, 5.41) is 4.19. The highest BCUT2D eigenvalue weighted by molar-refractivity contribution is 5.83. The second-order valence-corrected chi connectivity index (χ2v) is 5.69. The van der Waals surface area contributed by atoms with Gasteiger partial charge >= 0.3 is 0 Å². The summed E-state index contributed by atoms with van der Waals surface area (Å²) in [7, 11) is 0. The smallest absolute Gasteiger partial charge is 0.230 e. The number of nitrogens with one attached hydrogen (secondary N) is 1. The standard InChI is InChI=1S/C17H19N5/c1-9-6-14-13(5)20-17(21-15(14)7-10(9)2)22-16-18-11(3)8-12(4)19-16/h6-8H,1-5H3,(H,18,19,20,21,22). The minimum atomic E-state index is 0.526. The van der Waals surface area contributed by atoms with Gasteiger partial charge in [-0.2, -0.15) is 0 Å². The number of anilines is 2. The number of aryl methyl sites for hydroxylation is 5. The molecular formula is C17H19N5. The Kier molecular flexibility index (Phi) is 3.48. The van der Waals surface area contributed by atoms with Crippen LogP contribution in [0.2, 0.25) is 0 Å². The third kappa shape index (κ3) is 2.74. The molecule has 0 bridgehead atoms. The zero-order valence-electron chi connectivity index (χ0n) is 13.5. The minimum Gasteiger partial charge on any atom is -0.293 e. The summed E-state index contributed by atoms with van der Waals surface area (Å²) in [6, 6.07) is 6.16. The number of rotatable bonds is 2. The quantitative estimate of drug-likeness (QED) is 0.780. The van der Waals surface area contributed by atoms with Gasteiger partial charge in [0.15, 0.2) is 0 Å². The first-order valence-corrected chi connectivity index (χ1v) is 7.27. The van der Waals surface area contributed by atoms with E-state index in [0.29, 0.717) is 11.9 Å². The van der Waals surface area contributed by atoms with Gasteiger partial charge in [-0.3, -0.25) is 5.32 Å². The van der Waals surface area contributed by atoms with Gasteiger partial charge in [-0.15, -0.1) is 0 Å². The number of aromatic nitrogens is 4. The Labute approximate surface area is 129 Å². The average molecular weight is 293 g/mol. The van der Waals surface area contributed by atoms with Gasteiger partial charge in [-0.1, -0.05) is 0 Å². The molecular weight excluding hydrogens is 274 g/mol. The lowest BCUT2D eigenvalue weighted by molar-refractivity contribution is 1.04. The van der Waals surface area contributed by atoms with E-state index in [0.717, 1.165) is 28.0 Å². The molecule has 0 spiro atoms. The van der Waals surface area contributed by atoms with Gasteiger partial charge in [0.25, 0.3) is 0 Å². The first-order valence-electron chi connectivity index (χ1n) is 7.27. The number of hydrogen-bond donors (Lipinski definition) is 1. The first kappa shape index (κ1) is 14.4. The molecule has 2 aromatic heterocycles. The van der Waals surface area contributed by atoms with Gasteiger partial charge in [-0.05, 0) is 63.9 Å². The highest BCUT2D eigenvalue weighted by atomic mass is 15.2. The van der Waals surface area contributed by atoms with Crippen LogP contribution in [0, 0.1) is 34.6 Å². The Balaban J connectivity index is 2.06. The fourth-order valence-corrected chi connectivity index (χ4v) is 2.48. The SMILES string of the molecule is Cc1cc(C)nc(Nc2nc(C)c3cc(C)c(C)cc3n2)n1. The lowest BCUT2D eigenvalue weighted by Crippen LogP contribution is -2.04. The van der Waals surface area contributed by atoms with Crippen LogP contribution in [0.4, 0.5) is 11.9 Å². The molecule has 0 aliphatic heterocycles. The van der Waals surface area contributed by atoms with Crippen molar-refractivity contribution in [3.8, 4) is 0 Å². The largest absolute Gasteiger partial charge is 0.293 e. The van der Waals surface area contributed by atoms with Crippen LogP contribution >= 0.6 is 0 Å². The van der Waals surface area contributed by atoms with E-state index in [-0.39, 0.29) is 0 Å². The highest BCUT2D eigenvalue weighted by Gasteiger charge is 2.08. The third-order valence-electron chi connectivity index (χ3n) is 3.71. The van der Waals surface area contributed by atoms with E-state index in [1.807, 2.05) is 26.8 Å². The second kappa shape index (κ2) is 5.33. The fraction of sp³-hybridized carbons (Fsp3) is 0.294. The Morgan fingerprint density at radius 1 is 0.682 bits per heavy atom. The minimum absolute atomic E-state index is 0.526. The van der Waals surface area contributed by atoms with Crippen LogP contribution in [0.25, 0.3) is 10.9 Å². The fourth-order valence-electron chi connectivity index (χ4n) is 2.48. The summed E-state index contributed by atoms with van der Waals surface area (Å²) in [5.74, 6) is 1.05. The molecule has 2 heterocycles. The molecule has 0 aliphatic carbocycles. The maximum absolute atomic E-state index is 4.59. The number of hydrogen-bond acceptors (Lipinski definition) is 5. The van der Waals surface area contributed by atoms with Crippen LogP contribution in [-0.4, -0.2) is 19.9 Å². The molecule has 0 saturated carbocycles. The lowest BCUT2D eigenvalue weighted by Gasteiger charge is -2.09. The summed E-state index contributed by atoms with van der Waals surface area (Å²) in [4.78, 5) is 17.9. The molecule has 112 valence electrons. The van der Waals surface area contributed by atoms with Crippen LogP contribution in [0.3, 0.4) is 0 Å². The zero-order valence-corrected chi connectivity index (χ0v) is 13.5. The molecule has 0 fully saturated rings. The van der Waals surface area contributed by atoms with Gasteiger partial charge in [-0.25, -0.2) is 19.9 Å². The van der Waals surface area contributed by atoms with Crippen molar-refractivity contribution in [2.75, 3.05) is 5.32 Å². The summed E-state index contributed by atoms with van der Waals surface area (Å²) in [6.07, 6.45) is 0. The van der Waals surface area contributed by atoms with Gasteiger partial charge in [0, 0.05) is 16.8 Å². The van der Waals surface area contributed by atoms with Gasteiger partial charge in [0.2, 0.25) is 11.9 Å². The molecule has 22 heavy (non-hydrogen) atoms. The molecule has 0 amide bonds. The topological polar surface area (TPSA) is 63.6 Å². The summed E-state index contributed by atoms with van der Waals surface area (Å²) >= 11 is 0. The van der Waals surface area contributed by atoms with Crippen molar-refractivity contribution in [3.63, 3.8) is 0 Å². The van der Waals surface area contributed by atoms with E-state index < -0.39 is 0 Å². The van der Waals surface area contributed by atoms with Crippen molar-refractivity contribution in [1.29, 1.82) is 0 Å². The van der Waals surface area contributed by atoms with E-state index in [1.54, 1.807) is 0 Å². The van der Waals surface area contributed by atoms with Crippen molar-refractivity contribution in [1.82, 2.24) is 19.9 Å². The average Bonchev–Trinajstić information content (AvgIpc) is 2.40. The molecule has 0 aliphatic rings. The Morgan fingerprint density at radius 3 is 1.95 bits per heavy atom. The maximum atomic E-state index is 4.59. The maximum Gasteiger partial charge on any atom is 0.230 e. The van der Waals surface area contributed by atoms with Crippen molar-refractivity contribution in [2.24, 2.45) is 0 Å². The Morgan fingerprint density at radius 2 is 1.27 bits per heavy atom. The zero-order chi connectivity index (χ0) is 15.9. The van der Waals surface area contributed by atoms with Crippen LogP contribution in [0.1, 0.15) is 28.2 Å². The van der Waals surface area contributed by atoms with Crippen molar-refractivity contribution >= 4 is 22.8 Å². The first-order chi connectivity index (χ1) is 10.4. The molecule has 1 N–H and O–H groups in total. The molecule has 3 rings (SSSR count). The monoisotopic (exact) mass is 293 g/mol. The molecule has 0 atom stereocenters. The van der Waals surface area contributed by atoms with Crippen LogP contribution in [-0.2, 0) is 0 Å². The predicted octanol–water partition coefficient (Wildman–Crippen LogP) is 3.71. The molecule has 1 aromatic carbocycles. The molecule has 0 unspecified atom stereocenters. The predicted molar refractivity (Wildman–Crippen MR) is 88.5 cm³/mol. The summed E-state index contributed by atoms with van der Waals surface area (Å²) in [5.41, 5.74) is 6.18. The number of fused-ring (bicyclic) bond motifs is 1. The normalized spacial score (nSPS) is 11.0. The molecule has 5 nitrogen and oxygen atoms in total. The van der Waals surface area contributed by atoms with Crippen molar-refractivity contribution < 1.29 is 0 Å². The van der Waals surface area contributed by atoms with Crippen LogP contribution in [0.5, 0.6) is 0 Å². The van der Waals surface area contributed by atoms with Gasteiger partial charge < -0.3 is 0 Å². The molecule has 3 aromatic rings. The molecule has 5 heteroatoms. The van der Waals surface area contributed by atoms with E-state index in [1.165, 1.54) is 11.1 Å². The van der Waals surface area contributed by atoms with Crippen molar-refractivity contribution in [2.45, 2.75) is 34.6 Å². The van der Waals surface area contributed by atoms with Crippen LogP contribution < -0.4 is 5.32 Å². The van der Waals surface area contributed by atoms with E-state index >= 15 is 0 Å². The lowest BCUT2D eigenvalue weighted by atomic mass is 10.1. The highest BCUT2D eigenvalue weighted by Crippen LogP contribution is 2.22. The number of nitrogens with zero attached hydrogens (tertiary/aromatic N) is 4. The van der Waals surface area contributed by atoms with Crippen LogP contribution in [0.15, 0.2) is 18.2 Å². The molecule has 0 saturated heterocycles. The Bertz CT molecular complexity index is 850. The second-order valence-electron chi connectivity index (χ2n) is 5.69. The summed E-state index contributed by atoms with van der Waals surface area (Å²) < 4.78 is 0. The van der Waals surface area contributed by atoms with Gasteiger partial charge in [0.05, 0.1) is 11.2 Å². The van der Waals surface area contributed by atoms with E-state index in [9.17, 15) is 0 Å². The molecule has 0 radical (unpaired) electrons. The Hall–Kier alpha value is -2.56. The van der Waals surface area contributed by atoms with Gasteiger partial charge in [0.1, 0.15) is 0 Å². The number of benzene rings is 1. The third-order valence-corrected chi connectivity index (χ3v) is 3.71. The van der Waals surface area contributed by atoms with E-state index in [4.69, 9.17) is 0 Å². The summed E-state index contributed by atoms with van der Waals surface area (Å²) in [6.45, 7) is 10.1. The van der Waals surface area contributed by atoms with E-state index in [2.05, 4.69) is 51.2 Å². The van der Waals surface area contributed by atoms with Crippen molar-refractivity contribution in [3.05, 3.63) is 46.4 Å².